The summed E-state index contributed by atoms with van der Waals surface area (Å²) in [5.74, 6) is 0.487. The molecule has 90 valence electrons. The van der Waals surface area contributed by atoms with Crippen molar-refractivity contribution in [3.05, 3.63) is 47.9 Å². The fourth-order valence-corrected chi connectivity index (χ4v) is 1.74. The summed E-state index contributed by atoms with van der Waals surface area (Å²) in [6, 6.07) is 6.68. The highest BCUT2D eigenvalue weighted by Gasteiger charge is 2.25. The van der Waals surface area contributed by atoms with E-state index in [0.29, 0.717) is 0 Å². The fourth-order valence-electron chi connectivity index (χ4n) is 1.74. The topological polar surface area (TPSA) is 24.4 Å². The molecule has 3 heteroatoms. The van der Waals surface area contributed by atoms with Gasteiger partial charge in [0.25, 0.3) is 0 Å². The van der Waals surface area contributed by atoms with Gasteiger partial charge in [0.05, 0.1) is 6.04 Å². The van der Waals surface area contributed by atoms with Crippen molar-refractivity contribution in [1.29, 1.82) is 0 Å². The molecule has 0 radical (unpaired) electrons. The van der Waals surface area contributed by atoms with Crippen LogP contribution in [0.5, 0.6) is 0 Å². The van der Waals surface area contributed by atoms with E-state index in [9.17, 15) is 4.39 Å². The van der Waals surface area contributed by atoms with Crippen molar-refractivity contribution in [2.24, 2.45) is 10.4 Å². The summed E-state index contributed by atoms with van der Waals surface area (Å²) < 4.78 is 13.2. The average Bonchev–Trinajstić information content (AvgIpc) is 2.28. The molecule has 1 aliphatic heterocycles. The van der Waals surface area contributed by atoms with E-state index in [2.05, 4.69) is 31.1 Å². The molecule has 0 fully saturated rings. The second-order valence-electron chi connectivity index (χ2n) is 5.32. The number of nitrogens with zero attached hydrogens (tertiary/aromatic N) is 1. The first-order valence-electron chi connectivity index (χ1n) is 5.74. The summed E-state index contributed by atoms with van der Waals surface area (Å²) in [6.07, 6.45) is 3.81. The Morgan fingerprint density at radius 1 is 1.29 bits per heavy atom. The highest BCUT2D eigenvalue weighted by atomic mass is 19.1. The Labute approximate surface area is 101 Å². The lowest BCUT2D eigenvalue weighted by molar-refractivity contribution is 0.341. The first-order valence-corrected chi connectivity index (χ1v) is 5.74. The van der Waals surface area contributed by atoms with E-state index >= 15 is 0 Å². The van der Waals surface area contributed by atoms with Crippen LogP contribution < -0.4 is 5.32 Å². The van der Waals surface area contributed by atoms with Gasteiger partial charge in [-0.05, 0) is 23.6 Å². The molecule has 2 rings (SSSR count). The number of rotatable bonds is 1. The van der Waals surface area contributed by atoms with Crippen molar-refractivity contribution >= 4 is 5.84 Å². The minimum Gasteiger partial charge on any atom is -0.363 e. The molecule has 1 N–H and O–H groups in total. The molecule has 0 saturated carbocycles. The fraction of sp³-hybridized carbons (Fsp3) is 0.357. The first-order chi connectivity index (χ1) is 7.97. The van der Waals surface area contributed by atoms with Crippen LogP contribution >= 0.6 is 0 Å². The molecule has 0 spiro atoms. The largest absolute Gasteiger partial charge is 0.363 e. The molecule has 0 saturated heterocycles. The van der Waals surface area contributed by atoms with Gasteiger partial charge in [0.2, 0.25) is 0 Å². The van der Waals surface area contributed by atoms with Crippen LogP contribution in [0.2, 0.25) is 0 Å². The molecular weight excluding hydrogens is 215 g/mol. The van der Waals surface area contributed by atoms with Crippen molar-refractivity contribution in [3.8, 4) is 0 Å². The Morgan fingerprint density at radius 3 is 2.71 bits per heavy atom. The maximum absolute atomic E-state index is 13.2. The quantitative estimate of drug-likeness (QED) is 0.790. The minimum atomic E-state index is -0.242. The molecule has 1 atom stereocenters. The van der Waals surface area contributed by atoms with E-state index in [1.54, 1.807) is 12.3 Å². The molecule has 17 heavy (non-hydrogen) atoms. The number of nitrogens with one attached hydrogen (secondary N) is 1. The number of hydrogen-bond acceptors (Lipinski definition) is 2. The van der Waals surface area contributed by atoms with Gasteiger partial charge >= 0.3 is 0 Å². The van der Waals surface area contributed by atoms with E-state index in [1.807, 2.05) is 12.1 Å². The lowest BCUT2D eigenvalue weighted by Crippen LogP contribution is -2.44. The Balaban J connectivity index is 2.24. The van der Waals surface area contributed by atoms with Crippen molar-refractivity contribution in [3.63, 3.8) is 0 Å². The van der Waals surface area contributed by atoms with Crippen LogP contribution in [0.15, 0.2) is 41.5 Å². The Hall–Kier alpha value is -1.64. The number of benzene rings is 1. The molecule has 1 aromatic carbocycles. The SMILES string of the molecule is CC(C)(C)C1C=CN=C(c2cccc(F)c2)N1. The third-order valence-corrected chi connectivity index (χ3v) is 2.81. The van der Waals surface area contributed by atoms with Crippen LogP contribution in [-0.4, -0.2) is 11.9 Å². The zero-order chi connectivity index (χ0) is 12.5. The first kappa shape index (κ1) is 11.8. The van der Waals surface area contributed by atoms with Crippen molar-refractivity contribution < 1.29 is 4.39 Å². The second kappa shape index (κ2) is 4.32. The average molecular weight is 232 g/mol. The summed E-state index contributed by atoms with van der Waals surface area (Å²) in [6.45, 7) is 6.47. The zero-order valence-electron chi connectivity index (χ0n) is 10.4. The zero-order valence-corrected chi connectivity index (χ0v) is 10.4. The molecule has 0 aliphatic carbocycles. The monoisotopic (exact) mass is 232 g/mol. The standard InChI is InChI=1S/C14H17FN2/c1-14(2,3)12-7-8-16-13(17-12)10-5-4-6-11(15)9-10/h4-9,12H,1-3H3,(H,16,17). The van der Waals surface area contributed by atoms with Gasteiger partial charge in [-0.1, -0.05) is 32.9 Å². The minimum absolute atomic E-state index is 0.102. The summed E-state index contributed by atoms with van der Waals surface area (Å²) in [7, 11) is 0. The predicted molar refractivity (Wildman–Crippen MR) is 68.5 cm³/mol. The van der Waals surface area contributed by atoms with Crippen LogP contribution in [0.1, 0.15) is 26.3 Å². The van der Waals surface area contributed by atoms with Gasteiger partial charge in [0, 0.05) is 11.8 Å². The third-order valence-electron chi connectivity index (χ3n) is 2.81. The maximum Gasteiger partial charge on any atom is 0.133 e. The van der Waals surface area contributed by atoms with Gasteiger partial charge in [0.1, 0.15) is 11.7 Å². The van der Waals surface area contributed by atoms with E-state index in [4.69, 9.17) is 0 Å². The predicted octanol–water partition coefficient (Wildman–Crippen LogP) is 3.10. The van der Waals surface area contributed by atoms with Crippen LogP contribution in [0.4, 0.5) is 4.39 Å². The summed E-state index contributed by atoms with van der Waals surface area (Å²) in [5, 5.41) is 3.33. The van der Waals surface area contributed by atoms with Gasteiger partial charge in [0.15, 0.2) is 0 Å². The van der Waals surface area contributed by atoms with Crippen LogP contribution in [0, 0.1) is 11.2 Å². The Morgan fingerprint density at radius 2 is 2.06 bits per heavy atom. The number of aliphatic imine (C=N–C) groups is 1. The third kappa shape index (κ3) is 2.73. The van der Waals surface area contributed by atoms with Crippen molar-refractivity contribution in [2.75, 3.05) is 0 Å². The number of amidine groups is 1. The molecule has 1 heterocycles. The molecule has 0 amide bonds. The molecule has 1 unspecified atom stereocenters. The van der Waals surface area contributed by atoms with Gasteiger partial charge in [-0.15, -0.1) is 0 Å². The molecular formula is C14H17FN2. The lowest BCUT2D eigenvalue weighted by atomic mass is 9.86. The van der Waals surface area contributed by atoms with Gasteiger partial charge in [-0.25, -0.2) is 9.38 Å². The van der Waals surface area contributed by atoms with Crippen molar-refractivity contribution in [2.45, 2.75) is 26.8 Å². The maximum atomic E-state index is 13.2. The Bertz CT molecular complexity index is 469. The number of hydrogen-bond donors (Lipinski definition) is 1. The molecule has 2 nitrogen and oxygen atoms in total. The molecule has 1 aliphatic rings. The van der Waals surface area contributed by atoms with Gasteiger partial charge in [-0.3, -0.25) is 0 Å². The highest BCUT2D eigenvalue weighted by molar-refractivity contribution is 5.99. The van der Waals surface area contributed by atoms with Crippen LogP contribution in [-0.2, 0) is 0 Å². The highest BCUT2D eigenvalue weighted by Crippen LogP contribution is 2.22. The smallest absolute Gasteiger partial charge is 0.133 e. The van der Waals surface area contributed by atoms with E-state index in [1.165, 1.54) is 12.1 Å². The van der Waals surface area contributed by atoms with Gasteiger partial charge in [-0.2, -0.15) is 0 Å². The van der Waals surface area contributed by atoms with Crippen LogP contribution in [0.25, 0.3) is 0 Å². The normalized spacial score (nSPS) is 19.8. The summed E-state index contributed by atoms with van der Waals surface area (Å²) in [5.41, 5.74) is 0.883. The summed E-state index contributed by atoms with van der Waals surface area (Å²) in [4.78, 5) is 4.26. The second-order valence-corrected chi connectivity index (χ2v) is 5.32. The summed E-state index contributed by atoms with van der Waals surface area (Å²) >= 11 is 0. The van der Waals surface area contributed by atoms with Gasteiger partial charge < -0.3 is 5.32 Å². The molecule has 1 aromatic rings. The van der Waals surface area contributed by atoms with Crippen LogP contribution in [0.3, 0.4) is 0 Å². The van der Waals surface area contributed by atoms with Crippen molar-refractivity contribution in [1.82, 2.24) is 5.32 Å². The lowest BCUT2D eigenvalue weighted by Gasteiger charge is -2.31. The number of halogens is 1. The van der Waals surface area contributed by atoms with E-state index in [0.717, 1.165) is 11.4 Å². The Kier molecular flexibility index (Phi) is 3.01. The van der Waals surface area contributed by atoms with E-state index < -0.39 is 0 Å². The molecule has 0 aromatic heterocycles. The molecule has 0 bridgehead atoms. The van der Waals surface area contributed by atoms with E-state index in [-0.39, 0.29) is 17.3 Å².